The molecule has 0 bridgehead atoms. The molecule has 4 rings (SSSR count). The number of carbonyl (C=O) groups excluding carboxylic acids is 1. The fraction of sp³-hybridized carbons (Fsp3) is 0.0625. The van der Waals surface area contributed by atoms with Crippen LogP contribution in [-0.4, -0.2) is 22.5 Å². The molecule has 0 spiro atoms. The highest BCUT2D eigenvalue weighted by atomic mass is 16.5. The van der Waals surface area contributed by atoms with Gasteiger partial charge in [-0.15, -0.1) is 0 Å². The normalized spacial score (nSPS) is 11.5. The fourth-order valence-corrected chi connectivity index (χ4v) is 2.83. The average Bonchev–Trinajstić information content (AvgIpc) is 2.86. The lowest BCUT2D eigenvalue weighted by Crippen LogP contribution is -2.22. The number of fused-ring (bicyclic) bond motifs is 3. The third-order valence-corrected chi connectivity index (χ3v) is 3.73. The van der Waals surface area contributed by atoms with E-state index < -0.39 is 5.97 Å². The zero-order valence-electron chi connectivity index (χ0n) is 11.2. The van der Waals surface area contributed by atoms with Gasteiger partial charge in [0.05, 0.1) is 23.7 Å². The van der Waals surface area contributed by atoms with Gasteiger partial charge < -0.3 is 4.74 Å². The molecule has 0 aliphatic rings. The first-order valence-electron chi connectivity index (χ1n) is 6.45. The number of nitrogens with zero attached hydrogens (tertiary/aromatic N) is 2. The van der Waals surface area contributed by atoms with Gasteiger partial charge in [0.2, 0.25) is 0 Å². The zero-order chi connectivity index (χ0) is 14.6. The molecule has 0 unspecified atom stereocenters. The zero-order valence-corrected chi connectivity index (χ0v) is 11.2. The van der Waals surface area contributed by atoms with Crippen LogP contribution in [0.2, 0.25) is 0 Å². The summed E-state index contributed by atoms with van der Waals surface area (Å²) in [5.41, 5.74) is 1.71. The molecule has 0 amide bonds. The summed E-state index contributed by atoms with van der Waals surface area (Å²) in [5.74, 6) is -0.651. The Morgan fingerprint density at radius 3 is 2.81 bits per heavy atom. The molecule has 3 heterocycles. The van der Waals surface area contributed by atoms with Crippen molar-refractivity contribution in [3.05, 3.63) is 58.5 Å². The van der Waals surface area contributed by atoms with Crippen molar-refractivity contribution in [3.8, 4) is 0 Å². The third-order valence-electron chi connectivity index (χ3n) is 3.73. The lowest BCUT2D eigenvalue weighted by Gasteiger charge is -2.03. The molecule has 4 aromatic rings. The molecule has 5 heteroatoms. The molecule has 0 saturated heterocycles. The minimum absolute atomic E-state index is 0.00801. The summed E-state index contributed by atoms with van der Waals surface area (Å²) in [7, 11) is 1.26. The minimum Gasteiger partial charge on any atom is -0.465 e. The standard InChI is InChI=1S/C16H10N2O3/c1-21-16(20)11-8-12-14-10(6-7-17-12)9-4-2-3-5-13(9)18(14)15(11)19/h2-8H,1H3. The summed E-state index contributed by atoms with van der Waals surface area (Å²) in [6.45, 7) is 0. The molecule has 5 nitrogen and oxygen atoms in total. The SMILES string of the molecule is COC(=O)c1cc2nccc3c4ccccc4n(c1=O)c23. The molecule has 0 fully saturated rings. The number of rotatable bonds is 1. The molecule has 21 heavy (non-hydrogen) atoms. The number of ether oxygens (including phenoxy) is 1. The highest BCUT2D eigenvalue weighted by Gasteiger charge is 2.19. The van der Waals surface area contributed by atoms with E-state index in [4.69, 9.17) is 4.74 Å². The van der Waals surface area contributed by atoms with E-state index in [-0.39, 0.29) is 11.1 Å². The van der Waals surface area contributed by atoms with Crippen molar-refractivity contribution in [2.24, 2.45) is 0 Å². The van der Waals surface area contributed by atoms with Crippen LogP contribution in [0.1, 0.15) is 10.4 Å². The summed E-state index contributed by atoms with van der Waals surface area (Å²) in [4.78, 5) is 28.7. The predicted molar refractivity (Wildman–Crippen MR) is 79.0 cm³/mol. The van der Waals surface area contributed by atoms with Crippen molar-refractivity contribution in [2.75, 3.05) is 7.11 Å². The Bertz CT molecular complexity index is 1070. The molecule has 0 atom stereocenters. The first-order chi connectivity index (χ1) is 10.2. The van der Waals surface area contributed by atoms with E-state index in [1.807, 2.05) is 30.3 Å². The Labute approximate surface area is 118 Å². The minimum atomic E-state index is -0.651. The summed E-state index contributed by atoms with van der Waals surface area (Å²) >= 11 is 0. The van der Waals surface area contributed by atoms with Crippen molar-refractivity contribution >= 4 is 33.3 Å². The van der Waals surface area contributed by atoms with Crippen LogP contribution in [0.15, 0.2) is 47.4 Å². The molecule has 102 valence electrons. The smallest absolute Gasteiger partial charge is 0.343 e. The maximum absolute atomic E-state index is 12.6. The second-order valence-corrected chi connectivity index (χ2v) is 4.80. The van der Waals surface area contributed by atoms with E-state index in [1.165, 1.54) is 13.2 Å². The van der Waals surface area contributed by atoms with E-state index >= 15 is 0 Å². The van der Waals surface area contributed by atoms with Crippen LogP contribution >= 0.6 is 0 Å². The molecule has 0 aliphatic heterocycles. The Kier molecular flexibility index (Phi) is 2.27. The van der Waals surface area contributed by atoms with Crippen LogP contribution in [0, 0.1) is 0 Å². The predicted octanol–water partition coefficient (Wildman–Crippen LogP) is 2.23. The Morgan fingerprint density at radius 2 is 2.00 bits per heavy atom. The van der Waals surface area contributed by atoms with E-state index in [9.17, 15) is 9.59 Å². The summed E-state index contributed by atoms with van der Waals surface area (Å²) in [5, 5.41) is 1.91. The van der Waals surface area contributed by atoms with Gasteiger partial charge in [0.25, 0.3) is 5.56 Å². The largest absolute Gasteiger partial charge is 0.465 e. The maximum Gasteiger partial charge on any atom is 0.343 e. The number of methoxy groups -OCH3 is 1. The van der Waals surface area contributed by atoms with Crippen molar-refractivity contribution in [1.29, 1.82) is 0 Å². The lowest BCUT2D eigenvalue weighted by molar-refractivity contribution is 0.0598. The molecular weight excluding hydrogens is 268 g/mol. The van der Waals surface area contributed by atoms with E-state index in [0.717, 1.165) is 21.8 Å². The van der Waals surface area contributed by atoms with E-state index in [2.05, 4.69) is 4.98 Å². The Hall–Kier alpha value is -2.95. The number of aromatic nitrogens is 2. The first kappa shape index (κ1) is 11.8. The van der Waals surface area contributed by atoms with Crippen LogP contribution in [0.4, 0.5) is 0 Å². The van der Waals surface area contributed by atoms with Gasteiger partial charge in [-0.2, -0.15) is 0 Å². The van der Waals surface area contributed by atoms with Crippen LogP contribution in [0.5, 0.6) is 0 Å². The van der Waals surface area contributed by atoms with Crippen LogP contribution in [-0.2, 0) is 4.74 Å². The molecular formula is C16H10N2O3. The van der Waals surface area contributed by atoms with Crippen molar-refractivity contribution < 1.29 is 9.53 Å². The molecule has 0 aliphatic carbocycles. The highest BCUT2D eigenvalue weighted by molar-refractivity contribution is 6.13. The van der Waals surface area contributed by atoms with Crippen LogP contribution in [0.3, 0.4) is 0 Å². The second kappa shape index (κ2) is 4.02. The number of pyridine rings is 2. The maximum atomic E-state index is 12.6. The number of benzene rings is 1. The van der Waals surface area contributed by atoms with Gasteiger partial charge >= 0.3 is 5.97 Å². The van der Waals surface area contributed by atoms with Crippen molar-refractivity contribution in [2.45, 2.75) is 0 Å². The number of para-hydroxylation sites is 1. The van der Waals surface area contributed by atoms with Crippen molar-refractivity contribution in [1.82, 2.24) is 9.38 Å². The van der Waals surface area contributed by atoms with Gasteiger partial charge in [0.1, 0.15) is 5.56 Å². The van der Waals surface area contributed by atoms with Crippen LogP contribution in [0.25, 0.3) is 27.3 Å². The first-order valence-corrected chi connectivity index (χ1v) is 6.45. The monoisotopic (exact) mass is 278 g/mol. The van der Waals surface area contributed by atoms with Gasteiger partial charge in [-0.3, -0.25) is 14.2 Å². The number of esters is 1. The molecule has 3 aromatic heterocycles. The fourth-order valence-electron chi connectivity index (χ4n) is 2.83. The number of hydrogen-bond acceptors (Lipinski definition) is 4. The number of carbonyl (C=O) groups is 1. The van der Waals surface area contributed by atoms with E-state index in [1.54, 1.807) is 10.6 Å². The van der Waals surface area contributed by atoms with Gasteiger partial charge in [-0.05, 0) is 18.2 Å². The Balaban J connectivity index is 2.36. The van der Waals surface area contributed by atoms with Gasteiger partial charge in [-0.1, -0.05) is 18.2 Å². The molecule has 0 radical (unpaired) electrons. The summed E-state index contributed by atoms with van der Waals surface area (Å²) < 4.78 is 6.23. The Morgan fingerprint density at radius 1 is 1.19 bits per heavy atom. The lowest BCUT2D eigenvalue weighted by atomic mass is 10.1. The summed E-state index contributed by atoms with van der Waals surface area (Å²) in [6.07, 6.45) is 1.68. The van der Waals surface area contributed by atoms with Gasteiger partial charge in [0, 0.05) is 17.0 Å². The highest BCUT2D eigenvalue weighted by Crippen LogP contribution is 2.29. The molecule has 0 N–H and O–H groups in total. The topological polar surface area (TPSA) is 60.7 Å². The average molecular weight is 278 g/mol. The van der Waals surface area contributed by atoms with Crippen molar-refractivity contribution in [3.63, 3.8) is 0 Å². The third kappa shape index (κ3) is 1.43. The molecule has 0 saturated carbocycles. The van der Waals surface area contributed by atoms with E-state index in [0.29, 0.717) is 5.52 Å². The van der Waals surface area contributed by atoms with Crippen LogP contribution < -0.4 is 5.56 Å². The molecule has 1 aromatic carbocycles. The van der Waals surface area contributed by atoms with Gasteiger partial charge in [-0.25, -0.2) is 4.79 Å². The quantitative estimate of drug-likeness (QED) is 0.501. The van der Waals surface area contributed by atoms with Gasteiger partial charge in [0.15, 0.2) is 0 Å². The summed E-state index contributed by atoms with van der Waals surface area (Å²) in [6, 6.07) is 11.0. The second-order valence-electron chi connectivity index (χ2n) is 4.80. The number of hydrogen-bond donors (Lipinski definition) is 0.